The van der Waals surface area contributed by atoms with Crippen LogP contribution in [0, 0.1) is 5.92 Å². The van der Waals surface area contributed by atoms with E-state index in [2.05, 4.69) is 46.4 Å². The predicted octanol–water partition coefficient (Wildman–Crippen LogP) is 2.95. The molecule has 0 bridgehead atoms. The normalized spacial score (nSPS) is 27.9. The van der Waals surface area contributed by atoms with Crippen LogP contribution in [0.25, 0.3) is 0 Å². The molecule has 0 saturated heterocycles. The van der Waals surface area contributed by atoms with Crippen LogP contribution in [0.3, 0.4) is 0 Å². The highest BCUT2D eigenvalue weighted by Gasteiger charge is 2.38. The number of hydrogen-bond donors (Lipinski definition) is 1. The topological polar surface area (TPSA) is 80.0 Å². The van der Waals surface area contributed by atoms with Crippen LogP contribution in [0.1, 0.15) is 48.9 Å². The fraction of sp³-hybridized carbons (Fsp3) is 0.682. The van der Waals surface area contributed by atoms with Gasteiger partial charge in [-0.15, -0.1) is 0 Å². The van der Waals surface area contributed by atoms with Crippen molar-refractivity contribution in [2.24, 2.45) is 10.9 Å². The molecule has 1 aromatic heterocycles. The van der Waals surface area contributed by atoms with E-state index in [0.717, 1.165) is 44.0 Å². The third-order valence-electron chi connectivity index (χ3n) is 6.61. The number of aliphatic hydroxyl groups is 1. The second kappa shape index (κ2) is 8.76. The van der Waals surface area contributed by atoms with Gasteiger partial charge >= 0.3 is 0 Å². The fourth-order valence-electron chi connectivity index (χ4n) is 4.69. The first-order chi connectivity index (χ1) is 14.4. The van der Waals surface area contributed by atoms with Crippen molar-refractivity contribution in [3.8, 4) is 0 Å². The number of aliphatic hydroxyl groups excluding tert-OH is 1. The van der Waals surface area contributed by atoms with Crippen molar-refractivity contribution < 1.29 is 9.84 Å². The van der Waals surface area contributed by atoms with Gasteiger partial charge in [0.05, 0.1) is 17.8 Å². The Kier molecular flexibility index (Phi) is 6.27. The van der Waals surface area contributed by atoms with Crippen LogP contribution < -0.4 is 5.56 Å². The molecule has 4 rings (SSSR count). The number of hydrogen-bond acceptors (Lipinski definition) is 6. The van der Waals surface area contributed by atoms with Crippen molar-refractivity contribution in [3.05, 3.63) is 40.2 Å². The van der Waals surface area contributed by atoms with Crippen LogP contribution in [-0.2, 0) is 4.74 Å². The van der Waals surface area contributed by atoms with E-state index in [-0.39, 0.29) is 24.2 Å². The number of fused-ring (bicyclic) bond motifs is 3. The average molecular weight is 431 g/mol. The summed E-state index contributed by atoms with van der Waals surface area (Å²) in [5, 5.41) is 9.46. The number of aromatic nitrogens is 2. The zero-order valence-corrected chi connectivity index (χ0v) is 19.3. The predicted molar refractivity (Wildman–Crippen MR) is 121 cm³/mol. The molecule has 1 fully saturated rings. The molecule has 0 amide bonds. The molecule has 2 aliphatic heterocycles. The van der Waals surface area contributed by atoms with Gasteiger partial charge < -0.3 is 19.3 Å². The van der Waals surface area contributed by atoms with Crippen LogP contribution >= 0.6 is 0 Å². The van der Waals surface area contributed by atoms with E-state index in [0.29, 0.717) is 24.3 Å². The summed E-state index contributed by atoms with van der Waals surface area (Å²) in [5.41, 5.74) is 1.45. The molecule has 8 heteroatoms. The lowest BCUT2D eigenvalue weighted by molar-refractivity contribution is 0.0447. The Hall–Kier alpha value is -1.77. The first-order valence-corrected chi connectivity index (χ1v) is 14.8. The summed E-state index contributed by atoms with van der Waals surface area (Å²) in [6, 6.07) is 1.46. The summed E-state index contributed by atoms with van der Waals surface area (Å²) in [6.07, 6.45) is 11.6. The molecule has 0 spiro atoms. The zero-order valence-electron chi connectivity index (χ0n) is 18.3. The number of aliphatic imine (C=N–C) groups is 1. The Morgan fingerprint density at radius 1 is 1.23 bits per heavy atom. The van der Waals surface area contributed by atoms with Crippen LogP contribution in [0.4, 0.5) is 0 Å². The molecule has 1 aromatic rings. The molecule has 1 saturated carbocycles. The lowest BCUT2D eigenvalue weighted by Crippen LogP contribution is -2.38. The van der Waals surface area contributed by atoms with Gasteiger partial charge in [0.1, 0.15) is 12.9 Å². The molecule has 2 atom stereocenters. The number of ether oxygens (including phenoxy) is 1. The number of nitrogens with zero attached hydrogens (tertiary/aromatic N) is 4. The molecule has 1 aliphatic carbocycles. The van der Waals surface area contributed by atoms with E-state index in [1.54, 1.807) is 12.5 Å². The summed E-state index contributed by atoms with van der Waals surface area (Å²) < 4.78 is 8.17. The van der Waals surface area contributed by atoms with Crippen molar-refractivity contribution >= 4 is 14.3 Å². The summed E-state index contributed by atoms with van der Waals surface area (Å²) >= 11 is 0. The minimum Gasteiger partial charge on any atom is -0.396 e. The highest BCUT2D eigenvalue weighted by molar-refractivity contribution is 6.76. The van der Waals surface area contributed by atoms with E-state index in [1.807, 2.05) is 0 Å². The second-order valence-electron chi connectivity index (χ2n) is 10.0. The molecule has 30 heavy (non-hydrogen) atoms. The van der Waals surface area contributed by atoms with Gasteiger partial charge in [-0.2, -0.15) is 4.98 Å². The Bertz CT molecular complexity index is 868. The first-order valence-electron chi connectivity index (χ1n) is 11.1. The highest BCUT2D eigenvalue weighted by Crippen LogP contribution is 2.39. The monoisotopic (exact) mass is 430 g/mol. The largest absolute Gasteiger partial charge is 0.396 e. The molecular weight excluding hydrogens is 396 g/mol. The zero-order chi connectivity index (χ0) is 21.3. The molecule has 0 aromatic carbocycles. The molecule has 3 aliphatic rings. The van der Waals surface area contributed by atoms with Crippen LogP contribution in [-0.4, -0.2) is 60.0 Å². The Morgan fingerprint density at radius 3 is 2.70 bits per heavy atom. The van der Waals surface area contributed by atoms with E-state index in [1.165, 1.54) is 0 Å². The third-order valence-corrected chi connectivity index (χ3v) is 8.31. The van der Waals surface area contributed by atoms with Gasteiger partial charge in [0.15, 0.2) is 0 Å². The van der Waals surface area contributed by atoms with E-state index < -0.39 is 8.07 Å². The van der Waals surface area contributed by atoms with Crippen LogP contribution in [0.15, 0.2) is 28.4 Å². The Labute approximate surface area is 179 Å². The third kappa shape index (κ3) is 4.45. The van der Waals surface area contributed by atoms with Crippen LogP contribution in [0.5, 0.6) is 0 Å². The lowest BCUT2D eigenvalue weighted by atomic mass is 9.85. The van der Waals surface area contributed by atoms with Gasteiger partial charge in [0.25, 0.3) is 5.56 Å². The van der Waals surface area contributed by atoms with E-state index in [4.69, 9.17) is 9.73 Å². The summed E-state index contributed by atoms with van der Waals surface area (Å²) in [4.78, 5) is 23.4. The van der Waals surface area contributed by atoms with Gasteiger partial charge in [0.2, 0.25) is 0 Å². The van der Waals surface area contributed by atoms with Crippen molar-refractivity contribution in [2.75, 3.05) is 19.9 Å². The highest BCUT2D eigenvalue weighted by atomic mass is 28.3. The molecule has 1 N–H and O–H groups in total. The average Bonchev–Trinajstić information content (AvgIpc) is 3.14. The Morgan fingerprint density at radius 2 is 2.00 bits per heavy atom. The van der Waals surface area contributed by atoms with Gasteiger partial charge in [-0.25, -0.2) is 0 Å². The quantitative estimate of drug-likeness (QED) is 0.531. The van der Waals surface area contributed by atoms with Crippen molar-refractivity contribution in [3.63, 3.8) is 0 Å². The van der Waals surface area contributed by atoms with E-state index in [9.17, 15) is 9.90 Å². The van der Waals surface area contributed by atoms with Crippen molar-refractivity contribution in [1.82, 2.24) is 14.5 Å². The Balaban J connectivity index is 1.51. The summed E-state index contributed by atoms with van der Waals surface area (Å²) in [7, 11) is -1.11. The SMILES string of the molecule is C[Si](C)(C)CCOCN1C=CC2c3c(c(=O)ncn3C3CCC(CO)CC3)C=NC21. The minimum absolute atomic E-state index is 0.0388. The lowest BCUT2D eigenvalue weighted by Gasteiger charge is -2.35. The van der Waals surface area contributed by atoms with Crippen molar-refractivity contribution in [2.45, 2.75) is 69.5 Å². The smallest absolute Gasteiger partial charge is 0.281 e. The minimum atomic E-state index is -1.11. The second-order valence-corrected chi connectivity index (χ2v) is 15.7. The number of rotatable bonds is 7. The maximum atomic E-state index is 12.5. The molecule has 2 unspecified atom stereocenters. The van der Waals surface area contributed by atoms with E-state index >= 15 is 0 Å². The summed E-state index contributed by atoms with van der Waals surface area (Å²) in [5.74, 6) is 0.436. The first kappa shape index (κ1) is 21.5. The van der Waals surface area contributed by atoms with Gasteiger partial charge in [-0.05, 0) is 37.6 Å². The molecular formula is C22H34N4O3Si. The van der Waals surface area contributed by atoms with Gasteiger partial charge in [-0.1, -0.05) is 25.7 Å². The van der Waals surface area contributed by atoms with Crippen LogP contribution in [0.2, 0.25) is 25.7 Å². The standard InChI is InChI=1S/C22H34N4O3Si/c1-30(2,3)11-10-29-15-25-9-8-18-20-19(12-23-21(18)25)22(28)24-14-26(20)17-6-4-16(13-27)5-7-17/h8-9,12,14,16-18,21,27H,4-7,10-11,13,15H2,1-3H3. The molecule has 7 nitrogen and oxygen atoms in total. The van der Waals surface area contributed by atoms with Gasteiger partial charge in [-0.3, -0.25) is 9.79 Å². The fourth-order valence-corrected chi connectivity index (χ4v) is 5.45. The van der Waals surface area contributed by atoms with Gasteiger partial charge in [0, 0.05) is 45.4 Å². The molecule has 3 heterocycles. The maximum Gasteiger partial charge on any atom is 0.281 e. The maximum absolute atomic E-state index is 12.5. The molecule has 0 radical (unpaired) electrons. The van der Waals surface area contributed by atoms with Crippen molar-refractivity contribution in [1.29, 1.82) is 0 Å². The molecule has 164 valence electrons. The summed E-state index contributed by atoms with van der Waals surface area (Å²) in [6.45, 7) is 8.62.